The Balaban J connectivity index is 1.46. The van der Waals surface area contributed by atoms with Gasteiger partial charge in [-0.2, -0.15) is 0 Å². The molecular weight excluding hydrogens is 546 g/mol. The highest BCUT2D eigenvalue weighted by Crippen LogP contribution is 2.45. The average Bonchev–Trinajstić information content (AvgIpc) is 3.78. The Kier molecular flexibility index (Phi) is 5.50. The van der Waals surface area contributed by atoms with Gasteiger partial charge in [0.05, 0.1) is 16.6 Å². The second-order valence-electron chi connectivity index (χ2n) is 11.7. The molecule has 0 radical (unpaired) electrons. The quantitative estimate of drug-likeness (QED) is 0.171. The highest BCUT2D eigenvalue weighted by Gasteiger charge is 2.22. The Morgan fingerprint density at radius 1 is 0.467 bits per heavy atom. The standard InChI is InChI=1S/C42H29N3/c1-3-11-25(4-2)28-16-19-34-31(22-28)37-40(43-34)38-33-24-30(27-14-9-6-10-15-27)18-21-36(33)45-42(38)39-32-23-29(26-12-7-5-8-13-26)17-20-35(32)44-41(37)39/h3-24,43-45H,1-2H2/b25-11+. The molecule has 6 aromatic carbocycles. The number of aromatic amines is 3. The summed E-state index contributed by atoms with van der Waals surface area (Å²) in [4.78, 5) is 11.5. The van der Waals surface area contributed by atoms with Crippen LogP contribution in [-0.2, 0) is 0 Å². The zero-order valence-corrected chi connectivity index (χ0v) is 24.6. The van der Waals surface area contributed by atoms with E-state index in [0.29, 0.717) is 0 Å². The van der Waals surface area contributed by atoms with Gasteiger partial charge in [0.1, 0.15) is 0 Å². The summed E-state index contributed by atoms with van der Waals surface area (Å²) in [5.74, 6) is 0. The van der Waals surface area contributed by atoms with E-state index >= 15 is 0 Å². The minimum atomic E-state index is 1.04. The number of fused-ring (bicyclic) bond motifs is 12. The summed E-state index contributed by atoms with van der Waals surface area (Å²) in [6.07, 6.45) is 5.72. The van der Waals surface area contributed by atoms with Crippen molar-refractivity contribution in [2.45, 2.75) is 0 Å². The zero-order valence-electron chi connectivity index (χ0n) is 24.6. The van der Waals surface area contributed by atoms with E-state index < -0.39 is 0 Å². The van der Waals surface area contributed by atoms with Gasteiger partial charge in [0.2, 0.25) is 0 Å². The van der Waals surface area contributed by atoms with E-state index in [2.05, 4.69) is 143 Å². The molecular formula is C42H29N3. The van der Waals surface area contributed by atoms with E-state index in [-0.39, 0.29) is 0 Å². The van der Waals surface area contributed by atoms with Crippen molar-refractivity contribution in [1.29, 1.82) is 0 Å². The SMILES string of the molecule is C=C/C=C(\C=C)c1ccc2[nH]c3c(c2c1)c1[nH]c2ccc(-c4ccccc4)cc2c1c1[nH]c2ccc(-c4ccccc4)cc2c31. The lowest BCUT2D eigenvalue weighted by atomic mass is 9.98. The number of benzene rings is 6. The second kappa shape index (κ2) is 9.73. The van der Waals surface area contributed by atoms with Gasteiger partial charge in [0, 0.05) is 48.9 Å². The summed E-state index contributed by atoms with van der Waals surface area (Å²) in [5.41, 5.74) is 13.7. The fourth-order valence-corrected chi connectivity index (χ4v) is 7.13. The third kappa shape index (κ3) is 3.77. The normalized spacial score (nSPS) is 12.3. The van der Waals surface area contributed by atoms with Gasteiger partial charge in [0.15, 0.2) is 0 Å². The summed E-state index contributed by atoms with van der Waals surface area (Å²) in [5, 5.41) is 7.20. The first-order chi connectivity index (χ1) is 22.2. The van der Waals surface area contributed by atoms with Crippen molar-refractivity contribution >= 4 is 71.0 Å². The monoisotopic (exact) mass is 575 g/mol. The van der Waals surface area contributed by atoms with Gasteiger partial charge in [-0.1, -0.05) is 110 Å². The van der Waals surface area contributed by atoms with E-state index in [1.165, 1.54) is 54.6 Å². The topological polar surface area (TPSA) is 47.4 Å². The number of hydrogen-bond donors (Lipinski definition) is 3. The van der Waals surface area contributed by atoms with Gasteiger partial charge in [-0.15, -0.1) is 0 Å². The Morgan fingerprint density at radius 2 is 0.911 bits per heavy atom. The van der Waals surface area contributed by atoms with Crippen LogP contribution in [0.3, 0.4) is 0 Å². The van der Waals surface area contributed by atoms with Crippen LogP contribution >= 0.6 is 0 Å². The molecule has 9 rings (SSSR count). The number of nitrogens with one attached hydrogen (secondary N) is 3. The number of allylic oxidation sites excluding steroid dienone is 4. The number of hydrogen-bond acceptors (Lipinski definition) is 0. The molecule has 0 aliphatic rings. The van der Waals surface area contributed by atoms with Crippen molar-refractivity contribution in [1.82, 2.24) is 15.0 Å². The second-order valence-corrected chi connectivity index (χ2v) is 11.7. The maximum Gasteiger partial charge on any atom is 0.0588 e. The minimum Gasteiger partial charge on any atom is -0.354 e. The smallest absolute Gasteiger partial charge is 0.0588 e. The third-order valence-electron chi connectivity index (χ3n) is 9.21. The predicted molar refractivity (Wildman–Crippen MR) is 194 cm³/mol. The van der Waals surface area contributed by atoms with Gasteiger partial charge >= 0.3 is 0 Å². The van der Waals surface area contributed by atoms with Crippen molar-refractivity contribution in [2.24, 2.45) is 0 Å². The molecule has 3 nitrogen and oxygen atoms in total. The Morgan fingerprint density at radius 3 is 1.36 bits per heavy atom. The molecule has 3 heterocycles. The molecule has 0 fully saturated rings. The Labute approximate surface area is 259 Å². The number of rotatable bonds is 5. The van der Waals surface area contributed by atoms with Gasteiger partial charge in [-0.25, -0.2) is 0 Å². The van der Waals surface area contributed by atoms with Crippen LogP contribution in [0.2, 0.25) is 0 Å². The van der Waals surface area contributed by atoms with Crippen molar-refractivity contribution < 1.29 is 0 Å². The van der Waals surface area contributed by atoms with Crippen molar-refractivity contribution in [3.63, 3.8) is 0 Å². The highest BCUT2D eigenvalue weighted by atomic mass is 14.8. The van der Waals surface area contributed by atoms with Crippen LogP contribution in [0.4, 0.5) is 0 Å². The lowest BCUT2D eigenvalue weighted by Gasteiger charge is -2.04. The molecule has 9 aromatic rings. The van der Waals surface area contributed by atoms with Crippen LogP contribution in [0.15, 0.2) is 147 Å². The number of H-pyrrole nitrogens is 3. The van der Waals surface area contributed by atoms with Crippen LogP contribution in [-0.4, -0.2) is 15.0 Å². The van der Waals surface area contributed by atoms with E-state index in [9.17, 15) is 0 Å². The zero-order chi connectivity index (χ0) is 30.1. The Bertz CT molecular complexity index is 2580. The fraction of sp³-hybridized carbons (Fsp3) is 0. The van der Waals surface area contributed by atoms with Gasteiger partial charge < -0.3 is 15.0 Å². The van der Waals surface area contributed by atoms with Crippen LogP contribution in [0, 0.1) is 0 Å². The summed E-state index contributed by atoms with van der Waals surface area (Å²) < 4.78 is 0. The molecule has 0 spiro atoms. The highest BCUT2D eigenvalue weighted by molar-refractivity contribution is 6.39. The van der Waals surface area contributed by atoms with Gasteiger partial charge in [-0.3, -0.25) is 0 Å². The minimum absolute atomic E-state index is 1.04. The molecule has 0 aliphatic carbocycles. The van der Waals surface area contributed by atoms with Gasteiger partial charge in [0.25, 0.3) is 0 Å². The molecule has 0 saturated carbocycles. The third-order valence-corrected chi connectivity index (χ3v) is 9.21. The van der Waals surface area contributed by atoms with Crippen LogP contribution in [0.1, 0.15) is 5.56 Å². The van der Waals surface area contributed by atoms with Gasteiger partial charge in [-0.05, 0) is 69.8 Å². The molecule has 3 N–H and O–H groups in total. The average molecular weight is 576 g/mol. The van der Waals surface area contributed by atoms with E-state index in [1.807, 2.05) is 18.2 Å². The van der Waals surface area contributed by atoms with Crippen molar-refractivity contribution in [3.8, 4) is 22.3 Å². The molecule has 0 bridgehead atoms. The first-order valence-corrected chi connectivity index (χ1v) is 15.3. The molecule has 212 valence electrons. The maximum atomic E-state index is 4.07. The lowest BCUT2D eigenvalue weighted by Crippen LogP contribution is -1.81. The summed E-state index contributed by atoms with van der Waals surface area (Å²) in [7, 11) is 0. The summed E-state index contributed by atoms with van der Waals surface area (Å²) >= 11 is 0. The molecule has 0 aliphatic heterocycles. The first kappa shape index (κ1) is 25.4. The van der Waals surface area contributed by atoms with E-state index in [0.717, 1.165) is 44.2 Å². The lowest BCUT2D eigenvalue weighted by molar-refractivity contribution is 1.54. The molecule has 0 unspecified atom stereocenters. The Hall–Kier alpha value is -6.06. The molecule has 0 amide bonds. The fourth-order valence-electron chi connectivity index (χ4n) is 7.13. The predicted octanol–water partition coefficient (Wildman–Crippen LogP) is 11.7. The van der Waals surface area contributed by atoms with Crippen molar-refractivity contribution in [2.75, 3.05) is 0 Å². The van der Waals surface area contributed by atoms with E-state index in [1.54, 1.807) is 0 Å². The number of aromatic nitrogens is 3. The maximum absolute atomic E-state index is 4.07. The van der Waals surface area contributed by atoms with Crippen LogP contribution in [0.25, 0.3) is 93.2 Å². The first-order valence-electron chi connectivity index (χ1n) is 15.3. The van der Waals surface area contributed by atoms with E-state index in [4.69, 9.17) is 0 Å². The van der Waals surface area contributed by atoms with Crippen molar-refractivity contribution in [3.05, 3.63) is 152 Å². The molecule has 0 atom stereocenters. The summed E-state index contributed by atoms with van der Waals surface area (Å²) in [6.45, 7) is 7.98. The molecule has 3 aromatic heterocycles. The molecule has 3 heteroatoms. The van der Waals surface area contributed by atoms with Crippen LogP contribution < -0.4 is 0 Å². The molecule has 0 saturated heterocycles. The largest absolute Gasteiger partial charge is 0.354 e. The molecule has 45 heavy (non-hydrogen) atoms. The summed E-state index contributed by atoms with van der Waals surface area (Å²) in [6, 6.07) is 41.4. The van der Waals surface area contributed by atoms with Crippen LogP contribution in [0.5, 0.6) is 0 Å².